The number of hydrogen-bond donors (Lipinski definition) is 2. The van der Waals surface area contributed by atoms with Crippen LogP contribution in [0.3, 0.4) is 0 Å². The SMILES string of the molecule is CSc1cccc(Nc2ncc(N)c(C)c2Br)c1. The third-order valence-corrected chi connectivity index (χ3v) is 4.33. The topological polar surface area (TPSA) is 50.9 Å². The van der Waals surface area contributed by atoms with Crippen LogP contribution in [0.2, 0.25) is 0 Å². The standard InChI is InChI=1S/C13H14BrN3S/c1-8-11(15)7-16-13(12(8)14)17-9-4-3-5-10(6-9)18-2/h3-7H,15H2,1-2H3,(H,16,17). The number of nitrogens with zero attached hydrogens (tertiary/aromatic N) is 1. The Balaban J connectivity index is 2.31. The van der Waals surface area contributed by atoms with Gasteiger partial charge in [-0.3, -0.25) is 0 Å². The van der Waals surface area contributed by atoms with Crippen LogP contribution in [0.25, 0.3) is 0 Å². The lowest BCUT2D eigenvalue weighted by atomic mass is 10.2. The molecule has 2 aromatic rings. The van der Waals surface area contributed by atoms with Gasteiger partial charge in [-0.1, -0.05) is 6.07 Å². The molecule has 3 nitrogen and oxygen atoms in total. The van der Waals surface area contributed by atoms with Gasteiger partial charge in [-0.05, 0) is 52.9 Å². The van der Waals surface area contributed by atoms with E-state index < -0.39 is 0 Å². The number of benzene rings is 1. The molecule has 94 valence electrons. The van der Waals surface area contributed by atoms with Gasteiger partial charge in [-0.15, -0.1) is 11.8 Å². The van der Waals surface area contributed by atoms with Gasteiger partial charge in [0.1, 0.15) is 5.82 Å². The summed E-state index contributed by atoms with van der Waals surface area (Å²) in [7, 11) is 0. The Morgan fingerprint density at radius 1 is 1.39 bits per heavy atom. The molecule has 18 heavy (non-hydrogen) atoms. The largest absolute Gasteiger partial charge is 0.397 e. The Bertz CT molecular complexity index is 572. The molecule has 0 aliphatic carbocycles. The summed E-state index contributed by atoms with van der Waals surface area (Å²) < 4.78 is 0.900. The van der Waals surface area contributed by atoms with Crippen LogP contribution in [-0.4, -0.2) is 11.2 Å². The van der Waals surface area contributed by atoms with E-state index in [1.807, 2.05) is 19.1 Å². The second-order valence-electron chi connectivity index (χ2n) is 3.86. The van der Waals surface area contributed by atoms with Crippen molar-refractivity contribution in [3.63, 3.8) is 0 Å². The molecule has 0 saturated carbocycles. The van der Waals surface area contributed by atoms with Crippen molar-refractivity contribution in [3.8, 4) is 0 Å². The van der Waals surface area contributed by atoms with Gasteiger partial charge in [-0.25, -0.2) is 4.98 Å². The Hall–Kier alpha value is -1.20. The lowest BCUT2D eigenvalue weighted by molar-refractivity contribution is 1.25. The Labute approximate surface area is 119 Å². The van der Waals surface area contributed by atoms with E-state index in [2.05, 4.69) is 44.6 Å². The van der Waals surface area contributed by atoms with Gasteiger partial charge < -0.3 is 11.1 Å². The quantitative estimate of drug-likeness (QED) is 0.831. The molecule has 0 spiro atoms. The maximum atomic E-state index is 5.80. The molecule has 5 heteroatoms. The van der Waals surface area contributed by atoms with Crippen molar-refractivity contribution in [3.05, 3.63) is 40.5 Å². The fraction of sp³-hybridized carbons (Fsp3) is 0.154. The fourth-order valence-corrected chi connectivity index (χ4v) is 2.41. The minimum atomic E-state index is 0.685. The Morgan fingerprint density at radius 3 is 2.89 bits per heavy atom. The number of thioether (sulfide) groups is 1. The minimum Gasteiger partial charge on any atom is -0.397 e. The Kier molecular flexibility index (Phi) is 4.14. The second kappa shape index (κ2) is 5.63. The zero-order valence-corrected chi connectivity index (χ0v) is 12.6. The highest BCUT2D eigenvalue weighted by atomic mass is 79.9. The summed E-state index contributed by atoms with van der Waals surface area (Å²) in [6.45, 7) is 1.96. The number of halogens is 1. The number of nitrogen functional groups attached to an aromatic ring is 1. The number of nitrogens with one attached hydrogen (secondary N) is 1. The molecule has 0 fully saturated rings. The molecule has 0 amide bonds. The number of pyridine rings is 1. The molecule has 1 aromatic heterocycles. The number of hydrogen-bond acceptors (Lipinski definition) is 4. The summed E-state index contributed by atoms with van der Waals surface area (Å²) in [5.74, 6) is 0.778. The van der Waals surface area contributed by atoms with Gasteiger partial charge in [0.15, 0.2) is 0 Å². The lowest BCUT2D eigenvalue weighted by Gasteiger charge is -2.11. The van der Waals surface area contributed by atoms with Crippen molar-refractivity contribution in [2.24, 2.45) is 0 Å². The molecule has 0 aliphatic rings. The monoisotopic (exact) mass is 323 g/mol. The third-order valence-electron chi connectivity index (χ3n) is 2.64. The van der Waals surface area contributed by atoms with Gasteiger partial charge in [0.05, 0.1) is 16.4 Å². The van der Waals surface area contributed by atoms with Crippen molar-refractivity contribution in [2.45, 2.75) is 11.8 Å². The number of rotatable bonds is 3. The number of nitrogens with two attached hydrogens (primary N) is 1. The van der Waals surface area contributed by atoms with Crippen molar-refractivity contribution in [2.75, 3.05) is 17.3 Å². The van der Waals surface area contributed by atoms with Gasteiger partial charge in [0.2, 0.25) is 0 Å². The second-order valence-corrected chi connectivity index (χ2v) is 5.53. The molecule has 0 saturated heterocycles. The summed E-state index contributed by atoms with van der Waals surface area (Å²) in [6, 6.07) is 8.20. The third kappa shape index (κ3) is 2.79. The average Bonchev–Trinajstić information content (AvgIpc) is 2.40. The molecular weight excluding hydrogens is 310 g/mol. The van der Waals surface area contributed by atoms with Crippen molar-refractivity contribution < 1.29 is 0 Å². The molecule has 3 N–H and O–H groups in total. The molecule has 1 heterocycles. The van der Waals surface area contributed by atoms with E-state index in [1.165, 1.54) is 4.90 Å². The van der Waals surface area contributed by atoms with E-state index >= 15 is 0 Å². The van der Waals surface area contributed by atoms with Crippen LogP contribution in [0.5, 0.6) is 0 Å². The first-order valence-electron chi connectivity index (χ1n) is 5.43. The normalized spacial score (nSPS) is 10.4. The van der Waals surface area contributed by atoms with Crippen LogP contribution >= 0.6 is 27.7 Å². The first kappa shape index (κ1) is 13.2. The Morgan fingerprint density at radius 2 is 2.17 bits per heavy atom. The summed E-state index contributed by atoms with van der Waals surface area (Å²) >= 11 is 5.23. The first-order valence-corrected chi connectivity index (χ1v) is 7.45. The summed E-state index contributed by atoms with van der Waals surface area (Å²) in [5.41, 5.74) is 8.50. The fourth-order valence-electron chi connectivity index (χ4n) is 1.52. The molecule has 0 unspecified atom stereocenters. The van der Waals surface area contributed by atoms with Crippen LogP contribution in [0.1, 0.15) is 5.56 Å². The summed E-state index contributed by atoms with van der Waals surface area (Å²) in [4.78, 5) is 5.51. The van der Waals surface area contributed by atoms with Crippen LogP contribution in [0.4, 0.5) is 17.2 Å². The predicted molar refractivity (Wildman–Crippen MR) is 82.6 cm³/mol. The highest BCUT2D eigenvalue weighted by Gasteiger charge is 2.07. The van der Waals surface area contributed by atoms with E-state index in [1.54, 1.807) is 18.0 Å². The van der Waals surface area contributed by atoms with Crippen LogP contribution in [0, 0.1) is 6.92 Å². The molecule has 2 rings (SSSR count). The van der Waals surface area contributed by atoms with Gasteiger partial charge in [0, 0.05) is 10.6 Å². The van der Waals surface area contributed by atoms with Gasteiger partial charge >= 0.3 is 0 Å². The maximum absolute atomic E-state index is 5.80. The van der Waals surface area contributed by atoms with E-state index in [0.29, 0.717) is 5.69 Å². The van der Waals surface area contributed by atoms with Crippen molar-refractivity contribution >= 4 is 44.9 Å². The van der Waals surface area contributed by atoms with Crippen LogP contribution < -0.4 is 11.1 Å². The summed E-state index contributed by atoms with van der Waals surface area (Å²) in [6.07, 6.45) is 3.72. The zero-order valence-electron chi connectivity index (χ0n) is 10.2. The van der Waals surface area contributed by atoms with Crippen molar-refractivity contribution in [1.29, 1.82) is 0 Å². The van der Waals surface area contributed by atoms with Gasteiger partial charge in [-0.2, -0.15) is 0 Å². The number of aromatic nitrogens is 1. The molecule has 0 bridgehead atoms. The zero-order chi connectivity index (χ0) is 13.1. The molecular formula is C13H14BrN3S. The predicted octanol–water partition coefficient (Wildman–Crippen LogP) is 4.20. The smallest absolute Gasteiger partial charge is 0.145 e. The first-order chi connectivity index (χ1) is 8.61. The van der Waals surface area contributed by atoms with Crippen LogP contribution in [-0.2, 0) is 0 Å². The highest BCUT2D eigenvalue weighted by Crippen LogP contribution is 2.30. The van der Waals surface area contributed by atoms with Crippen molar-refractivity contribution in [1.82, 2.24) is 4.98 Å². The lowest BCUT2D eigenvalue weighted by Crippen LogP contribution is -1.99. The molecule has 0 atom stereocenters. The molecule has 0 radical (unpaired) electrons. The van der Waals surface area contributed by atoms with E-state index in [9.17, 15) is 0 Å². The molecule has 1 aromatic carbocycles. The molecule has 0 aliphatic heterocycles. The van der Waals surface area contributed by atoms with Crippen LogP contribution in [0.15, 0.2) is 39.8 Å². The van der Waals surface area contributed by atoms with Gasteiger partial charge in [0.25, 0.3) is 0 Å². The van der Waals surface area contributed by atoms with E-state index in [0.717, 1.165) is 21.5 Å². The highest BCUT2D eigenvalue weighted by molar-refractivity contribution is 9.10. The minimum absolute atomic E-state index is 0.685. The van der Waals surface area contributed by atoms with E-state index in [4.69, 9.17) is 5.73 Å². The van der Waals surface area contributed by atoms with E-state index in [-0.39, 0.29) is 0 Å². The maximum Gasteiger partial charge on any atom is 0.145 e. The average molecular weight is 324 g/mol. The number of anilines is 3. The summed E-state index contributed by atoms with van der Waals surface area (Å²) in [5, 5.41) is 3.29.